The van der Waals surface area contributed by atoms with Crippen LogP contribution in [0.5, 0.6) is 5.75 Å². The van der Waals surface area contributed by atoms with Gasteiger partial charge in [-0.25, -0.2) is 18.2 Å². The summed E-state index contributed by atoms with van der Waals surface area (Å²) < 4.78 is 35.1. The number of aryl methyl sites for hydroxylation is 1. The average molecular weight is 412 g/mol. The van der Waals surface area contributed by atoms with Gasteiger partial charge in [0.2, 0.25) is 0 Å². The molecule has 0 N–H and O–H groups in total. The van der Waals surface area contributed by atoms with Gasteiger partial charge >= 0.3 is 0 Å². The molecule has 0 spiro atoms. The maximum absolute atomic E-state index is 14.9. The third-order valence-electron chi connectivity index (χ3n) is 5.15. The Hall–Kier alpha value is -2.58. The lowest BCUT2D eigenvalue weighted by atomic mass is 10.1. The summed E-state index contributed by atoms with van der Waals surface area (Å²) in [6.45, 7) is 2.43. The van der Waals surface area contributed by atoms with Gasteiger partial charge in [-0.15, -0.1) is 0 Å². The van der Waals surface area contributed by atoms with Gasteiger partial charge in [0.1, 0.15) is 16.2 Å². The predicted molar refractivity (Wildman–Crippen MR) is 109 cm³/mol. The van der Waals surface area contributed by atoms with E-state index in [1.807, 2.05) is 13.0 Å². The predicted octanol–water partition coefficient (Wildman–Crippen LogP) is 3.25. The minimum atomic E-state index is -1.25. The zero-order valence-electron chi connectivity index (χ0n) is 16.4. The van der Waals surface area contributed by atoms with E-state index >= 15 is 0 Å². The fourth-order valence-electron chi connectivity index (χ4n) is 3.68. The molecule has 2 heterocycles. The second-order valence-corrected chi connectivity index (χ2v) is 8.84. The van der Waals surface area contributed by atoms with Gasteiger partial charge < -0.3 is 9.47 Å². The van der Waals surface area contributed by atoms with Gasteiger partial charge in [-0.1, -0.05) is 0 Å². The topological polar surface area (TPSA) is 69.0 Å². The molecule has 1 fully saturated rings. The van der Waals surface area contributed by atoms with Gasteiger partial charge in [-0.2, -0.15) is 0 Å². The van der Waals surface area contributed by atoms with E-state index in [-0.39, 0.29) is 17.5 Å². The van der Waals surface area contributed by atoms with Crippen LogP contribution in [0.15, 0.2) is 38.1 Å². The van der Waals surface area contributed by atoms with Crippen molar-refractivity contribution in [2.75, 3.05) is 14.2 Å². The Morgan fingerprint density at radius 1 is 1.17 bits per heavy atom. The van der Waals surface area contributed by atoms with Gasteiger partial charge in [-0.05, 0) is 54.6 Å². The Kier molecular flexibility index (Phi) is 4.48. The number of fused-ring (bicyclic) bond motifs is 2. The number of methoxy groups -OCH3 is 2. The van der Waals surface area contributed by atoms with Gasteiger partial charge in [-0.3, -0.25) is 4.98 Å². The van der Waals surface area contributed by atoms with Crippen molar-refractivity contribution < 1.29 is 13.9 Å². The largest absolute Gasteiger partial charge is 0.494 e. The number of nitrogens with zero attached hydrogens (tertiary/aromatic N) is 4. The van der Waals surface area contributed by atoms with Gasteiger partial charge in [0.15, 0.2) is 11.6 Å². The van der Waals surface area contributed by atoms with E-state index < -0.39 is 11.3 Å². The molecule has 1 unspecified atom stereocenters. The molecule has 0 saturated heterocycles. The van der Waals surface area contributed by atoms with Crippen LogP contribution in [-0.2, 0) is 11.3 Å². The minimum Gasteiger partial charge on any atom is -0.494 e. The molecule has 3 aromatic rings. The molecule has 1 aromatic heterocycles. The molecule has 6 nitrogen and oxygen atoms in total. The van der Waals surface area contributed by atoms with E-state index in [1.165, 1.54) is 7.11 Å². The van der Waals surface area contributed by atoms with E-state index in [0.717, 1.165) is 40.0 Å². The molecule has 1 saturated carbocycles. The molecular weight excluding hydrogens is 391 g/mol. The van der Waals surface area contributed by atoms with Crippen molar-refractivity contribution in [3.8, 4) is 5.75 Å². The molecule has 2 aromatic carbocycles. The summed E-state index contributed by atoms with van der Waals surface area (Å²) >= 11 is -1.25. The Balaban J connectivity index is 1.69. The first kappa shape index (κ1) is 18.4. The van der Waals surface area contributed by atoms with Crippen LogP contribution >= 0.6 is 11.3 Å². The summed E-state index contributed by atoms with van der Waals surface area (Å²) in [6.07, 6.45) is 3.68. The van der Waals surface area contributed by atoms with Crippen molar-refractivity contribution in [1.82, 2.24) is 9.97 Å². The second kappa shape index (κ2) is 7.03. The molecule has 0 radical (unpaired) electrons. The molecule has 1 aliphatic heterocycles. The Morgan fingerprint density at radius 2 is 2.00 bits per heavy atom. The van der Waals surface area contributed by atoms with Crippen LogP contribution in [-0.4, -0.2) is 24.2 Å². The molecule has 8 heteroatoms. The molecule has 150 valence electrons. The van der Waals surface area contributed by atoms with Crippen molar-refractivity contribution in [1.29, 1.82) is 0 Å². The van der Waals surface area contributed by atoms with Crippen LogP contribution < -0.4 is 15.5 Å². The lowest BCUT2D eigenvalue weighted by molar-refractivity contribution is 0.181. The standard InChI is InChI=1S/C21H21FN4O2S/c1-11-6-14-20(23-9-13(24-14)10-27-2)17(7-11)29-25-15-8-16(28-3)19(22)18(12-4-5-12)21(15)26-29/h6-9,12,29H,4-5,10H2,1-3H3. The first-order valence-electron chi connectivity index (χ1n) is 9.48. The van der Waals surface area contributed by atoms with E-state index in [2.05, 4.69) is 16.0 Å². The molecule has 29 heavy (non-hydrogen) atoms. The molecule has 1 aliphatic carbocycles. The summed E-state index contributed by atoms with van der Waals surface area (Å²) in [7, 11) is 3.12. The zero-order chi connectivity index (χ0) is 20.1. The van der Waals surface area contributed by atoms with E-state index in [4.69, 9.17) is 18.3 Å². The lowest BCUT2D eigenvalue weighted by Gasteiger charge is -2.13. The smallest absolute Gasteiger partial charge is 0.170 e. The van der Waals surface area contributed by atoms with Crippen LogP contribution in [0.4, 0.5) is 4.39 Å². The van der Waals surface area contributed by atoms with Crippen LogP contribution in [0.25, 0.3) is 11.0 Å². The van der Waals surface area contributed by atoms with Gasteiger partial charge in [0.25, 0.3) is 0 Å². The number of hydrogen-bond acceptors (Lipinski definition) is 6. The second-order valence-electron chi connectivity index (χ2n) is 7.38. The van der Waals surface area contributed by atoms with Gasteiger partial charge in [0, 0.05) is 18.7 Å². The highest BCUT2D eigenvalue weighted by Gasteiger charge is 2.32. The highest BCUT2D eigenvalue weighted by Crippen LogP contribution is 2.45. The first-order chi connectivity index (χ1) is 14.1. The number of thiol groups is 1. The number of rotatable bonds is 5. The van der Waals surface area contributed by atoms with Crippen molar-refractivity contribution in [3.63, 3.8) is 0 Å². The van der Waals surface area contributed by atoms with Crippen molar-refractivity contribution in [2.45, 2.75) is 37.2 Å². The summed E-state index contributed by atoms with van der Waals surface area (Å²) in [5.74, 6) is 0.139. The van der Waals surface area contributed by atoms with Crippen LogP contribution in [0.3, 0.4) is 0 Å². The molecule has 1 atom stereocenters. The van der Waals surface area contributed by atoms with E-state index in [0.29, 0.717) is 22.9 Å². The average Bonchev–Trinajstić information content (AvgIpc) is 3.45. The molecule has 0 amide bonds. The fourth-order valence-corrected chi connectivity index (χ4v) is 5.38. The minimum absolute atomic E-state index is 0.207. The summed E-state index contributed by atoms with van der Waals surface area (Å²) in [5, 5.41) is 1.38. The van der Waals surface area contributed by atoms with E-state index in [1.54, 1.807) is 19.4 Å². The molecule has 5 rings (SSSR count). The Morgan fingerprint density at radius 3 is 2.72 bits per heavy atom. The number of ether oxygens (including phenoxy) is 2. The van der Waals surface area contributed by atoms with Crippen LogP contribution in [0.1, 0.15) is 35.6 Å². The Labute approximate surface area is 170 Å². The van der Waals surface area contributed by atoms with E-state index in [9.17, 15) is 4.39 Å². The monoisotopic (exact) mass is 412 g/mol. The fraction of sp³-hybridized carbons (Fsp3) is 0.333. The highest BCUT2D eigenvalue weighted by atomic mass is 32.2. The quantitative estimate of drug-likeness (QED) is 0.653. The maximum Gasteiger partial charge on any atom is 0.170 e. The summed E-state index contributed by atoms with van der Waals surface area (Å²) in [6, 6.07) is 5.71. The summed E-state index contributed by atoms with van der Waals surface area (Å²) in [4.78, 5) is 10.2. The maximum atomic E-state index is 14.9. The van der Waals surface area contributed by atoms with Crippen molar-refractivity contribution in [2.24, 2.45) is 8.80 Å². The first-order valence-corrected chi connectivity index (χ1v) is 10.7. The summed E-state index contributed by atoms with van der Waals surface area (Å²) in [5.41, 5.74) is 4.06. The van der Waals surface area contributed by atoms with Gasteiger partial charge in [0.05, 0.1) is 36.0 Å². The SMILES string of the molecule is COCc1cnc2c([SH]3N=c4cc(OC)c(F)c(C5CC5)c4=N3)cc(C)cc2n1. The normalized spacial score (nSPS) is 19.0. The van der Waals surface area contributed by atoms with Crippen LogP contribution in [0, 0.1) is 12.7 Å². The lowest BCUT2D eigenvalue weighted by Crippen LogP contribution is -2.28. The molecular formula is C21H21FN4O2S. The zero-order valence-corrected chi connectivity index (χ0v) is 17.3. The number of benzene rings is 2. The number of hydrogen-bond donors (Lipinski definition) is 1. The Bertz CT molecular complexity index is 1260. The molecule has 0 bridgehead atoms. The third-order valence-corrected chi connectivity index (χ3v) is 6.72. The third kappa shape index (κ3) is 3.16. The highest BCUT2D eigenvalue weighted by molar-refractivity contribution is 8.14. The van der Waals surface area contributed by atoms with Crippen molar-refractivity contribution >= 4 is 22.3 Å². The van der Waals surface area contributed by atoms with Crippen molar-refractivity contribution in [3.05, 3.63) is 57.7 Å². The molecule has 2 aliphatic rings. The van der Waals surface area contributed by atoms with Crippen LogP contribution in [0.2, 0.25) is 0 Å². The number of aromatic nitrogens is 2. The number of halogens is 1.